The molecule has 0 radical (unpaired) electrons. The molecule has 0 saturated carbocycles. The summed E-state index contributed by atoms with van der Waals surface area (Å²) in [4.78, 5) is 6.80. The fraction of sp³-hybridized carbons (Fsp3) is 0.643. The van der Waals surface area contributed by atoms with E-state index >= 15 is 0 Å². The third kappa shape index (κ3) is 3.43. The second kappa shape index (κ2) is 5.67. The minimum atomic E-state index is 0.0206. The van der Waals surface area contributed by atoms with Gasteiger partial charge < -0.3 is 15.4 Å². The van der Waals surface area contributed by atoms with E-state index in [4.69, 9.17) is 10.5 Å². The standard InChI is InChI=1S/C14H23N3O/c1-14(18-2)7-3-8-17(11-14)9-6-13-5-4-12(15)10-16-13/h4-5,10H,3,6-9,11,15H2,1-2H3. The SMILES string of the molecule is COC1(C)CCCN(CCc2ccc(N)cn2)C1. The van der Waals surface area contributed by atoms with Gasteiger partial charge in [-0.1, -0.05) is 0 Å². The third-order valence-electron chi connectivity index (χ3n) is 3.76. The maximum atomic E-state index is 5.63. The number of pyridine rings is 1. The van der Waals surface area contributed by atoms with E-state index in [2.05, 4.69) is 16.8 Å². The van der Waals surface area contributed by atoms with E-state index < -0.39 is 0 Å². The summed E-state index contributed by atoms with van der Waals surface area (Å²) >= 11 is 0. The van der Waals surface area contributed by atoms with Gasteiger partial charge in [0.05, 0.1) is 17.5 Å². The molecule has 1 saturated heterocycles. The Kier molecular flexibility index (Phi) is 4.19. The average Bonchev–Trinajstić information content (AvgIpc) is 2.38. The van der Waals surface area contributed by atoms with Crippen molar-refractivity contribution in [2.24, 2.45) is 0 Å². The molecule has 1 atom stereocenters. The number of likely N-dealkylation sites (tertiary alicyclic amines) is 1. The van der Waals surface area contributed by atoms with Gasteiger partial charge in [-0.2, -0.15) is 0 Å². The van der Waals surface area contributed by atoms with Gasteiger partial charge in [0.2, 0.25) is 0 Å². The van der Waals surface area contributed by atoms with Crippen LogP contribution in [-0.4, -0.2) is 42.2 Å². The molecule has 1 aliphatic heterocycles. The van der Waals surface area contributed by atoms with E-state index in [0.29, 0.717) is 0 Å². The van der Waals surface area contributed by atoms with Crippen LogP contribution in [0.5, 0.6) is 0 Å². The first-order valence-electron chi connectivity index (χ1n) is 6.59. The van der Waals surface area contributed by atoms with Crippen LogP contribution in [0.25, 0.3) is 0 Å². The second-order valence-corrected chi connectivity index (χ2v) is 5.37. The van der Waals surface area contributed by atoms with Crippen LogP contribution in [0.15, 0.2) is 18.3 Å². The number of nitrogens with zero attached hydrogens (tertiary/aromatic N) is 2. The van der Waals surface area contributed by atoms with Gasteiger partial charge in [-0.25, -0.2) is 0 Å². The van der Waals surface area contributed by atoms with Gasteiger partial charge in [0.25, 0.3) is 0 Å². The van der Waals surface area contributed by atoms with E-state index in [9.17, 15) is 0 Å². The molecule has 1 fully saturated rings. The van der Waals surface area contributed by atoms with Gasteiger partial charge in [-0.05, 0) is 38.4 Å². The quantitative estimate of drug-likeness (QED) is 0.882. The highest BCUT2D eigenvalue weighted by atomic mass is 16.5. The molecular weight excluding hydrogens is 226 g/mol. The Labute approximate surface area is 109 Å². The zero-order chi connectivity index (χ0) is 13.0. The van der Waals surface area contributed by atoms with Crippen molar-refractivity contribution in [2.45, 2.75) is 31.8 Å². The molecule has 2 N–H and O–H groups in total. The molecule has 2 heterocycles. The Morgan fingerprint density at radius 1 is 1.50 bits per heavy atom. The highest BCUT2D eigenvalue weighted by Crippen LogP contribution is 2.23. The van der Waals surface area contributed by atoms with E-state index in [-0.39, 0.29) is 5.60 Å². The Hall–Kier alpha value is -1.13. The van der Waals surface area contributed by atoms with Gasteiger partial charge in [-0.15, -0.1) is 0 Å². The average molecular weight is 249 g/mol. The molecule has 1 aromatic heterocycles. The second-order valence-electron chi connectivity index (χ2n) is 5.37. The molecule has 1 aromatic rings. The summed E-state index contributed by atoms with van der Waals surface area (Å²) in [5.41, 5.74) is 7.48. The summed E-state index contributed by atoms with van der Waals surface area (Å²) in [5.74, 6) is 0. The maximum absolute atomic E-state index is 5.63. The number of anilines is 1. The highest BCUT2D eigenvalue weighted by molar-refractivity contribution is 5.34. The molecule has 1 aliphatic rings. The fourth-order valence-electron chi connectivity index (χ4n) is 2.52. The lowest BCUT2D eigenvalue weighted by molar-refractivity contribution is -0.0503. The zero-order valence-electron chi connectivity index (χ0n) is 11.4. The number of aromatic nitrogens is 1. The summed E-state index contributed by atoms with van der Waals surface area (Å²) in [6, 6.07) is 3.92. The van der Waals surface area contributed by atoms with Crippen molar-refractivity contribution in [1.29, 1.82) is 0 Å². The summed E-state index contributed by atoms with van der Waals surface area (Å²) in [6.45, 7) is 5.41. The van der Waals surface area contributed by atoms with Crippen molar-refractivity contribution in [1.82, 2.24) is 9.88 Å². The molecule has 0 bridgehead atoms. The van der Waals surface area contributed by atoms with Crippen molar-refractivity contribution in [3.63, 3.8) is 0 Å². The first-order valence-corrected chi connectivity index (χ1v) is 6.59. The van der Waals surface area contributed by atoms with Crippen LogP contribution in [0.3, 0.4) is 0 Å². The molecule has 100 valence electrons. The van der Waals surface area contributed by atoms with E-state index in [0.717, 1.165) is 43.9 Å². The first-order chi connectivity index (χ1) is 8.61. The van der Waals surface area contributed by atoms with Crippen molar-refractivity contribution in [3.8, 4) is 0 Å². The van der Waals surface area contributed by atoms with Crippen LogP contribution in [-0.2, 0) is 11.2 Å². The van der Waals surface area contributed by atoms with Gasteiger partial charge in [0.1, 0.15) is 0 Å². The smallest absolute Gasteiger partial charge is 0.0777 e. The van der Waals surface area contributed by atoms with Gasteiger partial charge in [-0.3, -0.25) is 4.98 Å². The fourth-order valence-corrected chi connectivity index (χ4v) is 2.52. The van der Waals surface area contributed by atoms with E-state index in [1.807, 2.05) is 19.2 Å². The summed E-state index contributed by atoms with van der Waals surface area (Å²) in [7, 11) is 1.81. The Morgan fingerprint density at radius 3 is 3.00 bits per heavy atom. The van der Waals surface area contributed by atoms with Crippen LogP contribution >= 0.6 is 0 Å². The molecule has 4 heteroatoms. The predicted octanol–water partition coefficient (Wildman–Crippen LogP) is 1.71. The summed E-state index contributed by atoms with van der Waals surface area (Å²) < 4.78 is 5.60. The Bertz CT molecular complexity index is 379. The molecule has 18 heavy (non-hydrogen) atoms. The van der Waals surface area contributed by atoms with E-state index in [1.54, 1.807) is 6.20 Å². The van der Waals surface area contributed by atoms with Crippen molar-refractivity contribution < 1.29 is 4.74 Å². The summed E-state index contributed by atoms with van der Waals surface area (Å²) in [6.07, 6.45) is 5.06. The topological polar surface area (TPSA) is 51.4 Å². The Balaban J connectivity index is 1.85. The number of hydrogen-bond donors (Lipinski definition) is 1. The number of methoxy groups -OCH3 is 1. The van der Waals surface area contributed by atoms with Gasteiger partial charge in [0.15, 0.2) is 0 Å². The van der Waals surface area contributed by atoms with Crippen LogP contribution in [0.4, 0.5) is 5.69 Å². The van der Waals surface area contributed by atoms with Crippen LogP contribution in [0.2, 0.25) is 0 Å². The zero-order valence-corrected chi connectivity index (χ0v) is 11.4. The number of nitrogens with two attached hydrogens (primary N) is 1. The maximum Gasteiger partial charge on any atom is 0.0777 e. The lowest BCUT2D eigenvalue weighted by Crippen LogP contribution is -2.47. The lowest BCUT2D eigenvalue weighted by Gasteiger charge is -2.39. The number of piperidine rings is 1. The van der Waals surface area contributed by atoms with Gasteiger partial charge in [0, 0.05) is 32.3 Å². The van der Waals surface area contributed by atoms with Crippen LogP contribution < -0.4 is 5.73 Å². The number of rotatable bonds is 4. The first kappa shape index (κ1) is 13.3. The largest absolute Gasteiger partial charge is 0.397 e. The van der Waals surface area contributed by atoms with Gasteiger partial charge >= 0.3 is 0 Å². The highest BCUT2D eigenvalue weighted by Gasteiger charge is 2.30. The van der Waals surface area contributed by atoms with Crippen molar-refractivity contribution in [2.75, 3.05) is 32.5 Å². The molecule has 0 aromatic carbocycles. The molecule has 0 amide bonds. The van der Waals surface area contributed by atoms with Crippen molar-refractivity contribution >= 4 is 5.69 Å². The Morgan fingerprint density at radius 2 is 2.33 bits per heavy atom. The van der Waals surface area contributed by atoms with Crippen LogP contribution in [0, 0.1) is 0 Å². The molecule has 1 unspecified atom stereocenters. The normalized spacial score (nSPS) is 25.2. The third-order valence-corrected chi connectivity index (χ3v) is 3.76. The number of nitrogen functional groups attached to an aromatic ring is 1. The van der Waals surface area contributed by atoms with E-state index in [1.165, 1.54) is 6.42 Å². The molecule has 0 spiro atoms. The minimum absolute atomic E-state index is 0.0206. The molecule has 2 rings (SSSR count). The molecular formula is C14H23N3O. The monoisotopic (exact) mass is 249 g/mol. The minimum Gasteiger partial charge on any atom is -0.397 e. The number of hydrogen-bond acceptors (Lipinski definition) is 4. The molecule has 0 aliphatic carbocycles. The van der Waals surface area contributed by atoms with Crippen LogP contribution in [0.1, 0.15) is 25.5 Å². The predicted molar refractivity (Wildman–Crippen MR) is 73.4 cm³/mol. The number of ether oxygens (including phenoxy) is 1. The molecule has 4 nitrogen and oxygen atoms in total. The summed E-state index contributed by atoms with van der Waals surface area (Å²) in [5, 5.41) is 0. The lowest BCUT2D eigenvalue weighted by atomic mass is 9.94. The van der Waals surface area contributed by atoms with Crippen molar-refractivity contribution in [3.05, 3.63) is 24.0 Å².